The van der Waals surface area contributed by atoms with Gasteiger partial charge in [-0.05, 0) is 42.2 Å². The van der Waals surface area contributed by atoms with E-state index >= 15 is 0 Å². The second-order valence-electron chi connectivity index (χ2n) is 5.62. The zero-order chi connectivity index (χ0) is 15.2. The molecule has 0 saturated carbocycles. The zero-order valence-electron chi connectivity index (χ0n) is 12.4. The number of aliphatic hydroxyl groups is 1. The smallest absolute Gasteiger partial charge is 0.133 e. The third-order valence-electron chi connectivity index (χ3n) is 3.62. The van der Waals surface area contributed by atoms with Gasteiger partial charge in [0, 0.05) is 12.6 Å². The van der Waals surface area contributed by atoms with Crippen molar-refractivity contribution in [3.63, 3.8) is 0 Å². The third kappa shape index (κ3) is 4.69. The zero-order valence-corrected chi connectivity index (χ0v) is 12.4. The van der Waals surface area contributed by atoms with Crippen molar-refractivity contribution in [2.45, 2.75) is 32.4 Å². The van der Waals surface area contributed by atoms with E-state index < -0.39 is 6.10 Å². The summed E-state index contributed by atoms with van der Waals surface area (Å²) >= 11 is 0. The molecule has 1 aromatic heterocycles. The van der Waals surface area contributed by atoms with Gasteiger partial charge in [0.2, 0.25) is 0 Å². The minimum absolute atomic E-state index is 0.208. The highest BCUT2D eigenvalue weighted by Crippen LogP contribution is 2.15. The number of nitrogens with one attached hydrogen (secondary N) is 1. The molecule has 0 aliphatic heterocycles. The first-order valence-electron chi connectivity index (χ1n) is 7.25. The lowest BCUT2D eigenvalue weighted by Crippen LogP contribution is -2.38. The highest BCUT2D eigenvalue weighted by Gasteiger charge is 2.17. The maximum atomic E-state index is 12.9. The van der Waals surface area contributed by atoms with Crippen molar-refractivity contribution >= 4 is 0 Å². The Kier molecular flexibility index (Phi) is 5.53. The molecule has 0 spiro atoms. The molecule has 114 valence electrons. The average Bonchev–Trinajstić information content (AvgIpc) is 2.99. The number of aliphatic hydroxyl groups excluding tert-OH is 1. The van der Waals surface area contributed by atoms with Gasteiger partial charge in [0.05, 0.1) is 6.26 Å². The number of hydrogen-bond acceptors (Lipinski definition) is 3. The maximum absolute atomic E-state index is 12.9. The van der Waals surface area contributed by atoms with Crippen LogP contribution in [0.1, 0.15) is 31.3 Å². The summed E-state index contributed by atoms with van der Waals surface area (Å²) in [4.78, 5) is 0. The fourth-order valence-corrected chi connectivity index (χ4v) is 2.26. The molecule has 0 saturated heterocycles. The van der Waals surface area contributed by atoms with Gasteiger partial charge in [-0.1, -0.05) is 26.0 Å². The molecule has 2 unspecified atom stereocenters. The van der Waals surface area contributed by atoms with Gasteiger partial charge >= 0.3 is 0 Å². The molecule has 0 aliphatic carbocycles. The summed E-state index contributed by atoms with van der Waals surface area (Å²) in [5.74, 6) is 0.742. The summed E-state index contributed by atoms with van der Waals surface area (Å²) in [6.07, 6.45) is 1.69. The van der Waals surface area contributed by atoms with Crippen LogP contribution in [-0.2, 0) is 6.42 Å². The first kappa shape index (κ1) is 15.7. The van der Waals surface area contributed by atoms with Crippen LogP contribution < -0.4 is 5.32 Å². The van der Waals surface area contributed by atoms with Crippen LogP contribution in [0.25, 0.3) is 0 Å². The Morgan fingerprint density at radius 2 is 1.90 bits per heavy atom. The van der Waals surface area contributed by atoms with Crippen molar-refractivity contribution in [1.29, 1.82) is 0 Å². The van der Waals surface area contributed by atoms with Gasteiger partial charge in [0.25, 0.3) is 0 Å². The van der Waals surface area contributed by atoms with Crippen LogP contribution in [-0.4, -0.2) is 17.7 Å². The second-order valence-corrected chi connectivity index (χ2v) is 5.62. The van der Waals surface area contributed by atoms with Gasteiger partial charge in [-0.15, -0.1) is 0 Å². The van der Waals surface area contributed by atoms with Gasteiger partial charge in [0.1, 0.15) is 17.7 Å². The number of hydrogen-bond donors (Lipinski definition) is 2. The predicted molar refractivity (Wildman–Crippen MR) is 80.4 cm³/mol. The van der Waals surface area contributed by atoms with E-state index in [4.69, 9.17) is 4.42 Å². The Morgan fingerprint density at radius 3 is 2.48 bits per heavy atom. The van der Waals surface area contributed by atoms with E-state index in [1.165, 1.54) is 12.1 Å². The Balaban J connectivity index is 1.91. The van der Waals surface area contributed by atoms with Crippen LogP contribution >= 0.6 is 0 Å². The molecule has 4 heteroatoms. The van der Waals surface area contributed by atoms with E-state index in [1.54, 1.807) is 30.5 Å². The van der Waals surface area contributed by atoms with Crippen molar-refractivity contribution in [3.05, 3.63) is 59.8 Å². The summed E-state index contributed by atoms with van der Waals surface area (Å²) < 4.78 is 18.1. The molecular formula is C17H22FNO2. The van der Waals surface area contributed by atoms with Crippen LogP contribution in [0.5, 0.6) is 0 Å². The lowest BCUT2D eigenvalue weighted by Gasteiger charge is -2.24. The number of benzene rings is 1. The summed E-state index contributed by atoms with van der Waals surface area (Å²) in [6, 6.07) is 10.3. The molecule has 21 heavy (non-hydrogen) atoms. The molecule has 2 N–H and O–H groups in total. The highest BCUT2D eigenvalue weighted by molar-refractivity contribution is 5.17. The topological polar surface area (TPSA) is 45.4 Å². The predicted octanol–water partition coefficient (Wildman–Crippen LogP) is 3.31. The number of halogens is 1. The Hall–Kier alpha value is -1.65. The van der Waals surface area contributed by atoms with Crippen LogP contribution in [0.3, 0.4) is 0 Å². The lowest BCUT2D eigenvalue weighted by atomic mass is 9.96. The molecule has 1 aromatic carbocycles. The number of rotatable bonds is 7. The Labute approximate surface area is 124 Å². The molecule has 0 aliphatic rings. The van der Waals surface area contributed by atoms with Crippen molar-refractivity contribution in [3.8, 4) is 0 Å². The van der Waals surface area contributed by atoms with E-state index in [2.05, 4.69) is 19.2 Å². The van der Waals surface area contributed by atoms with Gasteiger partial charge in [-0.3, -0.25) is 0 Å². The maximum Gasteiger partial charge on any atom is 0.133 e. The van der Waals surface area contributed by atoms with E-state index in [-0.39, 0.29) is 11.9 Å². The molecule has 3 nitrogen and oxygen atoms in total. The van der Waals surface area contributed by atoms with Crippen LogP contribution in [0.2, 0.25) is 0 Å². The fourth-order valence-electron chi connectivity index (χ4n) is 2.26. The summed E-state index contributed by atoms with van der Waals surface area (Å²) in [5.41, 5.74) is 1.08. The van der Waals surface area contributed by atoms with E-state index in [0.717, 1.165) is 12.0 Å². The Bertz CT molecular complexity index is 522. The highest BCUT2D eigenvalue weighted by atomic mass is 19.1. The van der Waals surface area contributed by atoms with E-state index in [0.29, 0.717) is 18.2 Å². The molecule has 2 aromatic rings. The second kappa shape index (κ2) is 7.38. The van der Waals surface area contributed by atoms with Crippen LogP contribution in [0, 0.1) is 11.7 Å². The monoisotopic (exact) mass is 291 g/mol. The van der Waals surface area contributed by atoms with Crippen molar-refractivity contribution in [2.75, 3.05) is 6.54 Å². The minimum atomic E-state index is -0.658. The normalized spacial score (nSPS) is 14.3. The molecular weight excluding hydrogens is 269 g/mol. The molecule has 0 fully saturated rings. The molecule has 0 bridgehead atoms. The van der Waals surface area contributed by atoms with Gasteiger partial charge in [0.15, 0.2) is 0 Å². The number of furan rings is 1. The van der Waals surface area contributed by atoms with Gasteiger partial charge in [-0.25, -0.2) is 4.39 Å². The molecule has 0 radical (unpaired) electrons. The van der Waals surface area contributed by atoms with Crippen molar-refractivity contribution in [2.24, 2.45) is 5.92 Å². The lowest BCUT2D eigenvalue weighted by molar-refractivity contribution is 0.140. The Morgan fingerprint density at radius 1 is 1.19 bits per heavy atom. The van der Waals surface area contributed by atoms with Gasteiger partial charge in [-0.2, -0.15) is 0 Å². The average molecular weight is 291 g/mol. The standard InChI is InChI=1S/C17H22FNO2/c1-12(2)15(10-13-5-7-14(18)8-6-13)19-11-16(20)17-4-3-9-21-17/h3-9,12,15-16,19-20H,10-11H2,1-2H3. The minimum Gasteiger partial charge on any atom is -0.467 e. The molecule has 1 heterocycles. The molecule has 2 atom stereocenters. The van der Waals surface area contributed by atoms with E-state index in [9.17, 15) is 9.50 Å². The van der Waals surface area contributed by atoms with Crippen molar-refractivity contribution in [1.82, 2.24) is 5.32 Å². The fraction of sp³-hybridized carbons (Fsp3) is 0.412. The summed E-state index contributed by atoms with van der Waals surface area (Å²) in [7, 11) is 0. The third-order valence-corrected chi connectivity index (χ3v) is 3.62. The van der Waals surface area contributed by atoms with Crippen LogP contribution in [0.4, 0.5) is 4.39 Å². The van der Waals surface area contributed by atoms with Crippen molar-refractivity contribution < 1.29 is 13.9 Å². The first-order chi connectivity index (χ1) is 10.1. The molecule has 2 rings (SSSR count). The van der Waals surface area contributed by atoms with E-state index in [1.807, 2.05) is 0 Å². The SMILES string of the molecule is CC(C)C(Cc1ccc(F)cc1)NCC(O)c1ccco1. The summed E-state index contributed by atoms with van der Waals surface area (Å²) in [5, 5.41) is 13.4. The largest absolute Gasteiger partial charge is 0.467 e. The molecule has 0 amide bonds. The van der Waals surface area contributed by atoms with Gasteiger partial charge < -0.3 is 14.8 Å². The summed E-state index contributed by atoms with van der Waals surface area (Å²) in [6.45, 7) is 4.68. The quantitative estimate of drug-likeness (QED) is 0.822. The van der Waals surface area contributed by atoms with Crippen LogP contribution in [0.15, 0.2) is 47.1 Å². The first-order valence-corrected chi connectivity index (χ1v) is 7.25.